The van der Waals surface area contributed by atoms with Crippen LogP contribution in [0.2, 0.25) is 0 Å². The number of nitrogens with zero attached hydrogens (tertiary/aromatic N) is 4. The highest BCUT2D eigenvalue weighted by molar-refractivity contribution is 7.89. The predicted octanol–water partition coefficient (Wildman–Crippen LogP) is 2.72. The second-order valence-corrected chi connectivity index (χ2v) is 9.66. The monoisotopic (exact) mass is 478 g/mol. The Balaban J connectivity index is 1.69. The van der Waals surface area contributed by atoms with Crippen LogP contribution in [0.4, 0.5) is 10.1 Å². The highest BCUT2D eigenvalue weighted by atomic mass is 32.2. The molecule has 1 heterocycles. The highest BCUT2D eigenvalue weighted by Gasteiger charge is 2.28. The Morgan fingerprint density at radius 1 is 1.09 bits per heavy atom. The van der Waals surface area contributed by atoms with Crippen LogP contribution in [-0.4, -0.2) is 72.6 Å². The molecule has 1 aliphatic rings. The second-order valence-electron chi connectivity index (χ2n) is 7.73. The van der Waals surface area contributed by atoms with Crippen molar-refractivity contribution in [3.05, 3.63) is 69.5 Å². The Kier molecular flexibility index (Phi) is 7.77. The van der Waals surface area contributed by atoms with Gasteiger partial charge in [0.2, 0.25) is 10.0 Å². The van der Waals surface area contributed by atoms with Crippen molar-refractivity contribution in [1.82, 2.24) is 14.1 Å². The second kappa shape index (κ2) is 10.4. The fraction of sp³-hybridized carbons (Fsp3) is 0.409. The molecule has 178 valence electrons. The third-order valence-electron chi connectivity index (χ3n) is 5.70. The lowest BCUT2D eigenvalue weighted by atomic mass is 10.1. The molecule has 0 aliphatic carbocycles. The van der Waals surface area contributed by atoms with E-state index in [2.05, 4.69) is 4.90 Å². The van der Waals surface area contributed by atoms with Gasteiger partial charge in [-0.1, -0.05) is 26.0 Å². The molecule has 2 aromatic rings. The molecule has 0 spiro atoms. The maximum Gasteiger partial charge on any atom is 0.269 e. The van der Waals surface area contributed by atoms with Crippen molar-refractivity contribution < 1.29 is 22.5 Å². The van der Waals surface area contributed by atoms with Crippen LogP contribution in [0.1, 0.15) is 29.8 Å². The number of sulfonamides is 1. The first-order valence-corrected chi connectivity index (χ1v) is 12.2. The van der Waals surface area contributed by atoms with Gasteiger partial charge >= 0.3 is 0 Å². The van der Waals surface area contributed by atoms with Crippen LogP contribution < -0.4 is 0 Å². The van der Waals surface area contributed by atoms with Gasteiger partial charge < -0.3 is 4.90 Å². The van der Waals surface area contributed by atoms with Gasteiger partial charge in [0.05, 0.1) is 15.4 Å². The average Bonchev–Trinajstić information content (AvgIpc) is 2.80. The van der Waals surface area contributed by atoms with E-state index in [1.54, 1.807) is 19.9 Å². The van der Waals surface area contributed by atoms with E-state index in [0.717, 1.165) is 17.7 Å². The molecular weight excluding hydrogens is 451 g/mol. The van der Waals surface area contributed by atoms with E-state index in [0.29, 0.717) is 32.7 Å². The summed E-state index contributed by atoms with van der Waals surface area (Å²) in [4.78, 5) is 26.9. The number of hydrogen-bond acceptors (Lipinski definition) is 6. The molecule has 0 saturated carbocycles. The lowest BCUT2D eigenvalue weighted by Gasteiger charge is -2.35. The summed E-state index contributed by atoms with van der Waals surface area (Å²) in [5.41, 5.74) is 0.552. The molecule has 2 aromatic carbocycles. The Bertz CT molecular complexity index is 1130. The minimum absolute atomic E-state index is 0.0244. The zero-order valence-electron chi connectivity index (χ0n) is 18.6. The summed E-state index contributed by atoms with van der Waals surface area (Å²) in [5.74, 6) is -1.32. The van der Waals surface area contributed by atoms with E-state index in [9.17, 15) is 27.7 Å². The number of nitro benzene ring substituents is 1. The number of non-ortho nitro benzene ring substituents is 1. The minimum atomic E-state index is -3.82. The smallest absolute Gasteiger partial charge is 0.269 e. The van der Waals surface area contributed by atoms with Crippen molar-refractivity contribution >= 4 is 21.6 Å². The number of halogens is 1. The number of rotatable bonds is 8. The molecular formula is C22H27FN4O5S. The third kappa shape index (κ3) is 5.55. The molecule has 11 heteroatoms. The van der Waals surface area contributed by atoms with E-state index in [4.69, 9.17) is 0 Å². The van der Waals surface area contributed by atoms with E-state index in [1.807, 2.05) is 6.07 Å². The van der Waals surface area contributed by atoms with E-state index in [1.165, 1.54) is 27.4 Å². The summed E-state index contributed by atoms with van der Waals surface area (Å²) in [7, 11) is -3.82. The van der Waals surface area contributed by atoms with Gasteiger partial charge in [-0.05, 0) is 23.8 Å². The van der Waals surface area contributed by atoms with Crippen molar-refractivity contribution in [2.75, 3.05) is 39.3 Å². The molecule has 0 unspecified atom stereocenters. The Morgan fingerprint density at radius 2 is 1.76 bits per heavy atom. The van der Waals surface area contributed by atoms with Gasteiger partial charge in [0, 0.05) is 57.9 Å². The number of hydrogen-bond donors (Lipinski definition) is 0. The number of benzene rings is 2. The van der Waals surface area contributed by atoms with E-state index >= 15 is 0 Å². The van der Waals surface area contributed by atoms with E-state index in [-0.39, 0.29) is 29.2 Å². The molecule has 9 nitrogen and oxygen atoms in total. The van der Waals surface area contributed by atoms with Gasteiger partial charge in [0.1, 0.15) is 5.82 Å². The van der Waals surface area contributed by atoms with Gasteiger partial charge in [-0.25, -0.2) is 12.8 Å². The predicted molar refractivity (Wildman–Crippen MR) is 121 cm³/mol. The van der Waals surface area contributed by atoms with Crippen LogP contribution in [0.3, 0.4) is 0 Å². The van der Waals surface area contributed by atoms with Gasteiger partial charge in [-0.15, -0.1) is 0 Å². The summed E-state index contributed by atoms with van der Waals surface area (Å²) < 4.78 is 41.3. The largest absolute Gasteiger partial charge is 0.336 e. The minimum Gasteiger partial charge on any atom is -0.336 e. The van der Waals surface area contributed by atoms with Crippen LogP contribution in [0.15, 0.2) is 47.4 Å². The Labute approximate surface area is 192 Å². The van der Waals surface area contributed by atoms with Gasteiger partial charge in [-0.2, -0.15) is 4.31 Å². The standard InChI is InChI=1S/C22H27FN4O5S/c1-3-26(4-2)33(31,32)19-8-9-21(23)20(15-19)22(28)25-12-10-24(11-13-25)16-17-6-5-7-18(14-17)27(29)30/h5-9,14-15H,3-4,10-13,16H2,1-2H3. The topological polar surface area (TPSA) is 104 Å². The maximum absolute atomic E-state index is 14.5. The van der Waals surface area contributed by atoms with Crippen molar-refractivity contribution in [2.45, 2.75) is 25.3 Å². The highest BCUT2D eigenvalue weighted by Crippen LogP contribution is 2.22. The first-order valence-electron chi connectivity index (χ1n) is 10.7. The van der Waals surface area contributed by atoms with Gasteiger partial charge in [0.25, 0.3) is 11.6 Å². The van der Waals surface area contributed by atoms with Crippen LogP contribution in [-0.2, 0) is 16.6 Å². The van der Waals surface area contributed by atoms with Crippen LogP contribution in [0.5, 0.6) is 0 Å². The number of nitro groups is 1. The van der Waals surface area contributed by atoms with Gasteiger partial charge in [0.15, 0.2) is 0 Å². The summed E-state index contributed by atoms with van der Waals surface area (Å²) in [6, 6.07) is 9.70. The van der Waals surface area contributed by atoms with Crippen LogP contribution in [0, 0.1) is 15.9 Å². The number of piperazine rings is 1. The average molecular weight is 479 g/mol. The normalized spacial score (nSPS) is 15.1. The lowest BCUT2D eigenvalue weighted by Crippen LogP contribution is -2.48. The molecule has 1 fully saturated rings. The van der Waals surface area contributed by atoms with Gasteiger partial charge in [-0.3, -0.25) is 19.8 Å². The quantitative estimate of drug-likeness (QED) is 0.427. The molecule has 0 atom stereocenters. The molecule has 1 aliphatic heterocycles. The fourth-order valence-corrected chi connectivity index (χ4v) is 5.33. The first kappa shape index (κ1) is 24.7. The fourth-order valence-electron chi connectivity index (χ4n) is 3.85. The van der Waals surface area contributed by atoms with Crippen molar-refractivity contribution in [2.24, 2.45) is 0 Å². The molecule has 1 amide bonds. The summed E-state index contributed by atoms with van der Waals surface area (Å²) in [5, 5.41) is 11.0. The zero-order chi connectivity index (χ0) is 24.2. The summed E-state index contributed by atoms with van der Waals surface area (Å²) >= 11 is 0. The third-order valence-corrected chi connectivity index (χ3v) is 7.74. The SMILES string of the molecule is CCN(CC)S(=O)(=O)c1ccc(F)c(C(=O)N2CCN(Cc3cccc([N+](=O)[O-])c3)CC2)c1. The molecule has 33 heavy (non-hydrogen) atoms. The summed E-state index contributed by atoms with van der Waals surface area (Å²) in [6.45, 7) is 6.14. The van der Waals surface area contributed by atoms with Crippen LogP contribution in [0.25, 0.3) is 0 Å². The van der Waals surface area contributed by atoms with Crippen LogP contribution >= 0.6 is 0 Å². The lowest BCUT2D eigenvalue weighted by molar-refractivity contribution is -0.384. The number of carbonyl (C=O) groups excluding carboxylic acids is 1. The maximum atomic E-state index is 14.5. The van der Waals surface area contributed by atoms with E-state index < -0.39 is 26.7 Å². The molecule has 0 radical (unpaired) electrons. The first-order chi connectivity index (χ1) is 15.7. The molecule has 0 bridgehead atoms. The Morgan fingerprint density at radius 3 is 2.36 bits per heavy atom. The number of amides is 1. The number of carbonyl (C=O) groups is 1. The zero-order valence-corrected chi connectivity index (χ0v) is 19.4. The molecule has 3 rings (SSSR count). The molecule has 0 N–H and O–H groups in total. The van der Waals surface area contributed by atoms with Crippen molar-refractivity contribution in [3.8, 4) is 0 Å². The molecule has 0 aromatic heterocycles. The van der Waals surface area contributed by atoms with Crippen molar-refractivity contribution in [3.63, 3.8) is 0 Å². The Hall–Kier alpha value is -2.89. The van der Waals surface area contributed by atoms with Crippen molar-refractivity contribution in [1.29, 1.82) is 0 Å². The summed E-state index contributed by atoms with van der Waals surface area (Å²) in [6.07, 6.45) is 0. The molecule has 1 saturated heterocycles.